The number of fused-ring (bicyclic) bond motifs is 1. The fraction of sp³-hybridized carbons (Fsp3) is 0.875. The molecule has 0 saturated carbocycles. The van der Waals surface area contributed by atoms with E-state index in [1.807, 2.05) is 0 Å². The molecule has 1 aromatic heterocycles. The number of nitrogens with zero attached hydrogens (tertiary/aromatic N) is 3. The summed E-state index contributed by atoms with van der Waals surface area (Å²) in [5.74, 6) is 2.28. The summed E-state index contributed by atoms with van der Waals surface area (Å²) in [4.78, 5) is 0. The van der Waals surface area contributed by atoms with Crippen LogP contribution in [0.2, 0.25) is 0 Å². The van der Waals surface area contributed by atoms with E-state index in [1.165, 1.54) is 25.1 Å². The third kappa shape index (κ3) is 3.46. The van der Waals surface area contributed by atoms with Crippen LogP contribution >= 0.6 is 0 Å². The summed E-state index contributed by atoms with van der Waals surface area (Å²) in [5.41, 5.74) is 0. The fourth-order valence-corrected chi connectivity index (χ4v) is 3.80. The Hall–Kier alpha value is -0.940. The van der Waals surface area contributed by atoms with Crippen molar-refractivity contribution in [2.45, 2.75) is 90.1 Å². The van der Waals surface area contributed by atoms with Crippen molar-refractivity contribution in [1.82, 2.24) is 20.1 Å². The molecule has 0 bridgehead atoms. The normalized spacial score (nSPS) is 31.5. The van der Waals surface area contributed by atoms with Crippen molar-refractivity contribution in [3.05, 3.63) is 11.6 Å². The molecule has 3 atom stereocenters. The average Bonchev–Trinajstić information content (AvgIpc) is 2.67. The molecule has 5 nitrogen and oxygen atoms in total. The van der Waals surface area contributed by atoms with Crippen LogP contribution in [0.4, 0.5) is 0 Å². The quantitative estimate of drug-likeness (QED) is 0.930. The van der Waals surface area contributed by atoms with Gasteiger partial charge in [-0.2, -0.15) is 0 Å². The Balaban J connectivity index is 1.68. The van der Waals surface area contributed by atoms with E-state index in [4.69, 9.17) is 4.74 Å². The Bertz CT molecular complexity index is 463. The van der Waals surface area contributed by atoms with Crippen LogP contribution in [0.3, 0.4) is 0 Å². The minimum atomic E-state index is 0.256. The molecule has 21 heavy (non-hydrogen) atoms. The highest BCUT2D eigenvalue weighted by Crippen LogP contribution is 2.23. The predicted octanol–water partition coefficient (Wildman–Crippen LogP) is 2.61. The van der Waals surface area contributed by atoms with E-state index in [-0.39, 0.29) is 6.04 Å². The van der Waals surface area contributed by atoms with E-state index >= 15 is 0 Å². The largest absolute Gasteiger partial charge is 0.375 e. The van der Waals surface area contributed by atoms with Gasteiger partial charge in [0.05, 0.1) is 18.2 Å². The van der Waals surface area contributed by atoms with Crippen molar-refractivity contribution in [3.63, 3.8) is 0 Å². The lowest BCUT2D eigenvalue weighted by molar-refractivity contribution is -0.0435. The summed E-state index contributed by atoms with van der Waals surface area (Å²) in [5, 5.41) is 12.6. The molecular formula is C16H28N4O. The number of aromatic nitrogens is 3. The number of rotatable bonds is 3. The molecular weight excluding hydrogens is 264 g/mol. The lowest BCUT2D eigenvalue weighted by Crippen LogP contribution is -2.42. The molecule has 1 N–H and O–H groups in total. The molecule has 3 rings (SSSR count). The van der Waals surface area contributed by atoms with E-state index in [1.54, 1.807) is 0 Å². The standard InChI is InChI=1S/C16H28N4O/c1-11-9-14(10-12(2)21-11)17-13(3)16-19-18-15-7-5-4-6-8-20(15)16/h11-14,17H,4-10H2,1-3H3. The highest BCUT2D eigenvalue weighted by atomic mass is 16.5. The summed E-state index contributed by atoms with van der Waals surface area (Å²) in [6, 6.07) is 0.768. The molecule has 3 heterocycles. The number of ether oxygens (including phenoxy) is 1. The second kappa shape index (κ2) is 6.44. The first-order chi connectivity index (χ1) is 10.1. The van der Waals surface area contributed by atoms with E-state index in [9.17, 15) is 0 Å². The summed E-state index contributed by atoms with van der Waals surface area (Å²) < 4.78 is 8.17. The highest BCUT2D eigenvalue weighted by Gasteiger charge is 2.27. The molecule has 2 aliphatic heterocycles. The van der Waals surface area contributed by atoms with Crippen LogP contribution in [0, 0.1) is 0 Å². The Labute approximate surface area is 127 Å². The zero-order valence-electron chi connectivity index (χ0n) is 13.5. The molecule has 2 aliphatic rings. The smallest absolute Gasteiger partial charge is 0.149 e. The van der Waals surface area contributed by atoms with Gasteiger partial charge in [-0.3, -0.25) is 0 Å². The Kier molecular flexibility index (Phi) is 4.60. The molecule has 118 valence electrons. The molecule has 1 aromatic rings. The molecule has 0 aromatic carbocycles. The summed E-state index contributed by atoms with van der Waals surface area (Å²) in [7, 11) is 0. The monoisotopic (exact) mass is 292 g/mol. The number of aryl methyl sites for hydroxylation is 1. The third-order valence-corrected chi connectivity index (χ3v) is 4.71. The van der Waals surface area contributed by atoms with Crippen LogP contribution in [-0.2, 0) is 17.7 Å². The van der Waals surface area contributed by atoms with Crippen molar-refractivity contribution in [1.29, 1.82) is 0 Å². The number of nitrogens with one attached hydrogen (secondary N) is 1. The molecule has 3 unspecified atom stereocenters. The van der Waals surface area contributed by atoms with E-state index in [0.29, 0.717) is 18.2 Å². The van der Waals surface area contributed by atoms with Crippen molar-refractivity contribution in [2.75, 3.05) is 0 Å². The first-order valence-corrected chi connectivity index (χ1v) is 8.47. The van der Waals surface area contributed by atoms with Crippen LogP contribution in [0.1, 0.15) is 70.6 Å². The van der Waals surface area contributed by atoms with Gasteiger partial charge < -0.3 is 14.6 Å². The van der Waals surface area contributed by atoms with Gasteiger partial charge in [0.25, 0.3) is 0 Å². The third-order valence-electron chi connectivity index (χ3n) is 4.71. The van der Waals surface area contributed by atoms with Crippen LogP contribution in [0.15, 0.2) is 0 Å². The Morgan fingerprint density at radius 3 is 2.67 bits per heavy atom. The van der Waals surface area contributed by atoms with Crippen LogP contribution < -0.4 is 5.32 Å². The van der Waals surface area contributed by atoms with Gasteiger partial charge in [-0.05, 0) is 46.5 Å². The second-order valence-corrected chi connectivity index (χ2v) is 6.75. The fourth-order valence-electron chi connectivity index (χ4n) is 3.80. The Morgan fingerprint density at radius 1 is 1.14 bits per heavy atom. The molecule has 0 radical (unpaired) electrons. The van der Waals surface area contributed by atoms with Crippen LogP contribution in [0.5, 0.6) is 0 Å². The maximum absolute atomic E-state index is 5.82. The second-order valence-electron chi connectivity index (χ2n) is 6.75. The van der Waals surface area contributed by atoms with Gasteiger partial charge >= 0.3 is 0 Å². The minimum absolute atomic E-state index is 0.256. The van der Waals surface area contributed by atoms with Gasteiger partial charge in [-0.25, -0.2) is 0 Å². The van der Waals surface area contributed by atoms with Gasteiger partial charge in [0.2, 0.25) is 0 Å². The van der Waals surface area contributed by atoms with Gasteiger partial charge in [0.1, 0.15) is 11.6 Å². The van der Waals surface area contributed by atoms with Crippen LogP contribution in [-0.4, -0.2) is 33.0 Å². The molecule has 0 spiro atoms. The SMILES string of the molecule is CC1CC(NC(C)c2nnc3n2CCCCC3)CC(C)O1. The first kappa shape index (κ1) is 15.0. The molecule has 5 heteroatoms. The number of hydrogen-bond acceptors (Lipinski definition) is 4. The summed E-state index contributed by atoms with van der Waals surface area (Å²) in [6.07, 6.45) is 7.71. The van der Waals surface area contributed by atoms with Gasteiger partial charge in [-0.15, -0.1) is 10.2 Å². The lowest BCUT2D eigenvalue weighted by Gasteiger charge is -2.34. The van der Waals surface area contributed by atoms with Gasteiger partial charge in [0, 0.05) is 19.0 Å². The van der Waals surface area contributed by atoms with E-state index < -0.39 is 0 Å². The zero-order valence-corrected chi connectivity index (χ0v) is 13.5. The Morgan fingerprint density at radius 2 is 1.90 bits per heavy atom. The summed E-state index contributed by atoms with van der Waals surface area (Å²) >= 11 is 0. The molecule has 0 amide bonds. The van der Waals surface area contributed by atoms with Crippen molar-refractivity contribution in [3.8, 4) is 0 Å². The van der Waals surface area contributed by atoms with Crippen molar-refractivity contribution < 1.29 is 4.74 Å². The van der Waals surface area contributed by atoms with E-state index in [2.05, 4.69) is 40.9 Å². The average molecular weight is 292 g/mol. The predicted molar refractivity (Wildman–Crippen MR) is 82.2 cm³/mol. The molecule has 0 aliphatic carbocycles. The van der Waals surface area contributed by atoms with Crippen LogP contribution in [0.25, 0.3) is 0 Å². The van der Waals surface area contributed by atoms with E-state index in [0.717, 1.165) is 31.6 Å². The zero-order chi connectivity index (χ0) is 14.8. The van der Waals surface area contributed by atoms with Crippen molar-refractivity contribution >= 4 is 0 Å². The maximum atomic E-state index is 5.82. The minimum Gasteiger partial charge on any atom is -0.375 e. The van der Waals surface area contributed by atoms with Crippen molar-refractivity contribution in [2.24, 2.45) is 0 Å². The van der Waals surface area contributed by atoms with Gasteiger partial charge in [-0.1, -0.05) is 6.42 Å². The molecule has 1 saturated heterocycles. The topological polar surface area (TPSA) is 52.0 Å². The number of hydrogen-bond donors (Lipinski definition) is 1. The van der Waals surface area contributed by atoms with Gasteiger partial charge in [0.15, 0.2) is 0 Å². The maximum Gasteiger partial charge on any atom is 0.149 e. The summed E-state index contributed by atoms with van der Waals surface area (Å²) in [6.45, 7) is 7.62. The first-order valence-electron chi connectivity index (χ1n) is 8.47. The molecule has 1 fully saturated rings. The highest BCUT2D eigenvalue weighted by molar-refractivity contribution is 5.02. The lowest BCUT2D eigenvalue weighted by atomic mass is 9.99.